The highest BCUT2D eigenvalue weighted by atomic mass is 16.5. The second-order valence-electron chi connectivity index (χ2n) is 6.56. The lowest BCUT2D eigenvalue weighted by Gasteiger charge is -2.11. The van der Waals surface area contributed by atoms with Crippen LogP contribution in [0.15, 0.2) is 71.5 Å². The molecule has 0 atom stereocenters. The van der Waals surface area contributed by atoms with E-state index in [0.29, 0.717) is 13.2 Å². The standard InChI is InChI=1S/C22H21N3O2/c1-15-5-2-3-7-17(15)14-27-19-8-4-6-16(11-19)13-23-18-9-10-20-21(12-18)25-22(26)24-20/h2-12,23H,13-14H2,1H3,(H2,24,25,26). The minimum absolute atomic E-state index is 0.194. The Hall–Kier alpha value is -3.47. The van der Waals surface area contributed by atoms with E-state index in [0.717, 1.165) is 28.0 Å². The zero-order valence-corrected chi connectivity index (χ0v) is 15.1. The van der Waals surface area contributed by atoms with Gasteiger partial charge >= 0.3 is 5.69 Å². The Bertz CT molecular complexity index is 1130. The number of ether oxygens (including phenoxy) is 1. The van der Waals surface area contributed by atoms with Crippen LogP contribution in [0.25, 0.3) is 11.0 Å². The van der Waals surface area contributed by atoms with Crippen molar-refractivity contribution in [3.8, 4) is 5.75 Å². The summed E-state index contributed by atoms with van der Waals surface area (Å²) in [5.74, 6) is 0.850. The fraction of sp³-hybridized carbons (Fsp3) is 0.136. The Morgan fingerprint density at radius 2 is 1.78 bits per heavy atom. The van der Waals surface area contributed by atoms with Crippen LogP contribution in [0, 0.1) is 6.92 Å². The summed E-state index contributed by atoms with van der Waals surface area (Å²) in [5, 5.41) is 3.38. The van der Waals surface area contributed by atoms with E-state index >= 15 is 0 Å². The predicted octanol–water partition coefficient (Wildman–Crippen LogP) is 4.36. The number of anilines is 1. The second-order valence-corrected chi connectivity index (χ2v) is 6.56. The summed E-state index contributed by atoms with van der Waals surface area (Å²) in [5.41, 5.74) is 5.89. The highest BCUT2D eigenvalue weighted by Gasteiger charge is 2.02. The molecule has 4 aromatic rings. The van der Waals surface area contributed by atoms with Gasteiger partial charge in [-0.25, -0.2) is 4.79 Å². The fourth-order valence-corrected chi connectivity index (χ4v) is 3.02. The predicted molar refractivity (Wildman–Crippen MR) is 108 cm³/mol. The minimum Gasteiger partial charge on any atom is -0.489 e. The topological polar surface area (TPSA) is 69.9 Å². The van der Waals surface area contributed by atoms with Crippen molar-refractivity contribution < 1.29 is 4.74 Å². The Balaban J connectivity index is 1.41. The SMILES string of the molecule is Cc1ccccc1COc1cccc(CNc2ccc3[nH]c(=O)[nH]c3c2)c1. The van der Waals surface area contributed by atoms with Gasteiger partial charge in [0.1, 0.15) is 12.4 Å². The summed E-state index contributed by atoms with van der Waals surface area (Å²) in [6, 6.07) is 22.1. The first-order valence-electron chi connectivity index (χ1n) is 8.89. The Morgan fingerprint density at radius 3 is 2.67 bits per heavy atom. The van der Waals surface area contributed by atoms with E-state index in [1.165, 1.54) is 11.1 Å². The smallest absolute Gasteiger partial charge is 0.323 e. The van der Waals surface area contributed by atoms with Crippen LogP contribution in [0.5, 0.6) is 5.75 Å². The van der Waals surface area contributed by atoms with Gasteiger partial charge in [0.05, 0.1) is 11.0 Å². The van der Waals surface area contributed by atoms with Crippen molar-refractivity contribution >= 4 is 16.7 Å². The summed E-state index contributed by atoms with van der Waals surface area (Å²) in [6.07, 6.45) is 0. The molecular weight excluding hydrogens is 338 g/mol. The van der Waals surface area contributed by atoms with E-state index in [2.05, 4.69) is 40.4 Å². The van der Waals surface area contributed by atoms with Crippen LogP contribution in [0.1, 0.15) is 16.7 Å². The van der Waals surface area contributed by atoms with Gasteiger partial charge in [-0.1, -0.05) is 36.4 Å². The van der Waals surface area contributed by atoms with Crippen LogP contribution in [0.3, 0.4) is 0 Å². The Kier molecular flexibility index (Phi) is 4.66. The normalized spacial score (nSPS) is 10.9. The number of aromatic nitrogens is 2. The summed E-state index contributed by atoms with van der Waals surface area (Å²) >= 11 is 0. The molecule has 27 heavy (non-hydrogen) atoms. The van der Waals surface area contributed by atoms with Crippen LogP contribution < -0.4 is 15.7 Å². The Morgan fingerprint density at radius 1 is 0.926 bits per heavy atom. The monoisotopic (exact) mass is 359 g/mol. The molecule has 0 aliphatic rings. The van der Waals surface area contributed by atoms with Gasteiger partial charge < -0.3 is 20.0 Å². The van der Waals surface area contributed by atoms with Gasteiger partial charge in [-0.05, 0) is 53.9 Å². The quantitative estimate of drug-likeness (QED) is 0.479. The molecule has 0 amide bonds. The van der Waals surface area contributed by atoms with Gasteiger partial charge in [0.15, 0.2) is 0 Å². The number of imidazole rings is 1. The molecule has 0 unspecified atom stereocenters. The number of nitrogens with one attached hydrogen (secondary N) is 3. The van der Waals surface area contributed by atoms with E-state index in [1.54, 1.807) is 0 Å². The number of H-pyrrole nitrogens is 2. The third-order valence-electron chi connectivity index (χ3n) is 4.57. The van der Waals surface area contributed by atoms with Crippen LogP contribution in [-0.4, -0.2) is 9.97 Å². The Labute approximate surface area is 157 Å². The van der Waals surface area contributed by atoms with Gasteiger partial charge in [-0.3, -0.25) is 0 Å². The van der Waals surface area contributed by atoms with Crippen molar-refractivity contribution in [3.05, 3.63) is 93.9 Å². The number of fused-ring (bicyclic) bond motifs is 1. The molecule has 3 N–H and O–H groups in total. The molecule has 0 saturated heterocycles. The lowest BCUT2D eigenvalue weighted by atomic mass is 10.1. The van der Waals surface area contributed by atoms with Crippen molar-refractivity contribution in [2.24, 2.45) is 0 Å². The number of benzene rings is 3. The van der Waals surface area contributed by atoms with Crippen molar-refractivity contribution in [1.29, 1.82) is 0 Å². The van der Waals surface area contributed by atoms with E-state index in [4.69, 9.17) is 4.74 Å². The van der Waals surface area contributed by atoms with Gasteiger partial charge in [0.25, 0.3) is 0 Å². The number of hydrogen-bond donors (Lipinski definition) is 3. The molecule has 0 spiro atoms. The van der Waals surface area contributed by atoms with Crippen molar-refractivity contribution in [2.75, 3.05) is 5.32 Å². The maximum atomic E-state index is 11.4. The molecule has 0 aliphatic carbocycles. The first-order chi connectivity index (χ1) is 13.2. The van der Waals surface area contributed by atoms with E-state index in [1.807, 2.05) is 48.5 Å². The molecule has 0 aliphatic heterocycles. The number of aryl methyl sites for hydroxylation is 1. The maximum Gasteiger partial charge on any atom is 0.323 e. The number of aromatic amines is 2. The molecular formula is C22H21N3O2. The largest absolute Gasteiger partial charge is 0.489 e. The number of hydrogen-bond acceptors (Lipinski definition) is 3. The van der Waals surface area contributed by atoms with Crippen molar-refractivity contribution in [3.63, 3.8) is 0 Å². The van der Waals surface area contributed by atoms with Crippen LogP contribution >= 0.6 is 0 Å². The van der Waals surface area contributed by atoms with Crippen LogP contribution in [0.4, 0.5) is 5.69 Å². The average Bonchev–Trinajstić information content (AvgIpc) is 3.05. The van der Waals surface area contributed by atoms with Gasteiger partial charge in [0, 0.05) is 12.2 Å². The third kappa shape index (κ3) is 4.03. The first-order valence-corrected chi connectivity index (χ1v) is 8.89. The maximum absolute atomic E-state index is 11.4. The third-order valence-corrected chi connectivity index (χ3v) is 4.57. The minimum atomic E-state index is -0.194. The summed E-state index contributed by atoms with van der Waals surface area (Å²) < 4.78 is 5.95. The lowest BCUT2D eigenvalue weighted by molar-refractivity contribution is 0.305. The zero-order valence-electron chi connectivity index (χ0n) is 15.1. The molecule has 1 aromatic heterocycles. The summed E-state index contributed by atoms with van der Waals surface area (Å²) in [4.78, 5) is 16.9. The molecule has 136 valence electrons. The second kappa shape index (κ2) is 7.41. The average molecular weight is 359 g/mol. The van der Waals surface area contributed by atoms with Crippen LogP contribution in [0.2, 0.25) is 0 Å². The van der Waals surface area contributed by atoms with Gasteiger partial charge in [0.2, 0.25) is 0 Å². The molecule has 0 bridgehead atoms. The first kappa shape index (κ1) is 17.0. The molecule has 0 radical (unpaired) electrons. The molecule has 4 rings (SSSR count). The molecule has 0 saturated carbocycles. The molecule has 5 nitrogen and oxygen atoms in total. The van der Waals surface area contributed by atoms with Crippen LogP contribution in [-0.2, 0) is 13.2 Å². The van der Waals surface area contributed by atoms with E-state index in [-0.39, 0.29) is 5.69 Å². The summed E-state index contributed by atoms with van der Waals surface area (Å²) in [7, 11) is 0. The van der Waals surface area contributed by atoms with E-state index in [9.17, 15) is 4.79 Å². The molecule has 5 heteroatoms. The van der Waals surface area contributed by atoms with E-state index < -0.39 is 0 Å². The molecule has 1 heterocycles. The lowest BCUT2D eigenvalue weighted by Crippen LogP contribution is -2.01. The number of rotatable bonds is 6. The molecule has 0 fully saturated rings. The zero-order chi connectivity index (χ0) is 18.6. The highest BCUT2D eigenvalue weighted by molar-refractivity contribution is 5.78. The van der Waals surface area contributed by atoms with Gasteiger partial charge in [-0.15, -0.1) is 0 Å². The van der Waals surface area contributed by atoms with Crippen molar-refractivity contribution in [1.82, 2.24) is 9.97 Å². The summed E-state index contributed by atoms with van der Waals surface area (Å²) in [6.45, 7) is 3.32. The van der Waals surface area contributed by atoms with Crippen molar-refractivity contribution in [2.45, 2.75) is 20.1 Å². The molecule has 3 aromatic carbocycles. The fourth-order valence-electron chi connectivity index (χ4n) is 3.02. The highest BCUT2D eigenvalue weighted by Crippen LogP contribution is 2.19. The van der Waals surface area contributed by atoms with Gasteiger partial charge in [-0.2, -0.15) is 0 Å².